The first-order valence-corrected chi connectivity index (χ1v) is 13.9. The Morgan fingerprint density at radius 2 is 2.03 bits per heavy atom. The van der Waals surface area contributed by atoms with Crippen molar-refractivity contribution >= 4 is 5.97 Å². The van der Waals surface area contributed by atoms with E-state index in [4.69, 9.17) is 9.47 Å². The Labute approximate surface area is 205 Å². The molecule has 0 aromatic heterocycles. The van der Waals surface area contributed by atoms with Crippen LogP contribution in [0.3, 0.4) is 0 Å². The number of fused-ring (bicyclic) bond motifs is 7. The number of hydrogen-bond donors (Lipinski definition) is 2. The summed E-state index contributed by atoms with van der Waals surface area (Å²) in [5.74, 6) is 2.50. The van der Waals surface area contributed by atoms with Crippen molar-refractivity contribution in [3.05, 3.63) is 11.6 Å². The van der Waals surface area contributed by atoms with Crippen molar-refractivity contribution in [3.8, 4) is 0 Å². The van der Waals surface area contributed by atoms with Gasteiger partial charge in [0.1, 0.15) is 6.10 Å². The van der Waals surface area contributed by atoms with Crippen molar-refractivity contribution in [2.75, 3.05) is 6.61 Å². The molecule has 1 aliphatic heterocycles. The van der Waals surface area contributed by atoms with Crippen LogP contribution in [-0.4, -0.2) is 47.2 Å². The van der Waals surface area contributed by atoms with E-state index in [0.29, 0.717) is 35.5 Å². The van der Waals surface area contributed by atoms with Crippen LogP contribution in [0.25, 0.3) is 0 Å². The maximum absolute atomic E-state index is 11.8. The van der Waals surface area contributed by atoms with Crippen LogP contribution in [0.4, 0.5) is 0 Å². The van der Waals surface area contributed by atoms with Gasteiger partial charge >= 0.3 is 5.97 Å². The summed E-state index contributed by atoms with van der Waals surface area (Å²) in [5, 5.41) is 21.2. The maximum atomic E-state index is 11.8. The molecule has 1 saturated heterocycles. The lowest BCUT2D eigenvalue weighted by atomic mass is 9.45. The molecule has 0 unspecified atom stereocenters. The predicted octanol–water partition coefficient (Wildman–Crippen LogP) is 4.89. The van der Waals surface area contributed by atoms with Crippen LogP contribution in [0.5, 0.6) is 0 Å². The molecule has 0 bridgehead atoms. The third-order valence-electron chi connectivity index (χ3n) is 11.3. The van der Waals surface area contributed by atoms with E-state index >= 15 is 0 Å². The van der Waals surface area contributed by atoms with Crippen molar-refractivity contribution in [2.24, 2.45) is 46.3 Å². The van der Waals surface area contributed by atoms with Crippen molar-refractivity contribution in [1.29, 1.82) is 0 Å². The summed E-state index contributed by atoms with van der Waals surface area (Å²) in [6.45, 7) is 11.0. The monoisotopic (exact) mass is 474 g/mol. The van der Waals surface area contributed by atoms with E-state index in [1.54, 1.807) is 0 Å². The SMILES string of the molecule is CC(=O)O[C@H]1CC[C@@]2(C)[C@@H](CC[C@H]3C4=C[C@@H]5O[C@H](CC[C@@H](C)CO)[C@@H](C)[C@@H]5[C@@]4(C)[C@@H](O)C[C@@H]32)C1. The lowest BCUT2D eigenvalue weighted by molar-refractivity contribution is -0.158. The van der Waals surface area contributed by atoms with Crippen LogP contribution in [0, 0.1) is 46.3 Å². The summed E-state index contributed by atoms with van der Waals surface area (Å²) < 4.78 is 12.3. The molecule has 0 amide bonds. The molecule has 2 N–H and O–H groups in total. The Kier molecular flexibility index (Phi) is 6.47. The van der Waals surface area contributed by atoms with Crippen LogP contribution in [0.1, 0.15) is 86.0 Å². The van der Waals surface area contributed by atoms with Crippen LogP contribution in [-0.2, 0) is 14.3 Å². The highest BCUT2D eigenvalue weighted by Crippen LogP contribution is 2.68. The standard InChI is InChI=1S/C29H46O5/c1-16(15-30)6-9-24-17(2)27-25(34-24)13-23-21-8-7-19-12-20(33-18(3)31)10-11-28(19,4)22(21)14-26(32)29(23,27)5/h13,16-17,19-22,24-27,30,32H,6-12,14-15H2,1-5H3/t16-,17-,19+,20+,21-,22+,24-,25+,26+,27+,28+,29-/m1/s1. The molecule has 0 aromatic rings. The second-order valence-corrected chi connectivity index (χ2v) is 13.0. The van der Waals surface area contributed by atoms with Crippen LogP contribution >= 0.6 is 0 Å². The predicted molar refractivity (Wildman–Crippen MR) is 131 cm³/mol. The minimum absolute atomic E-state index is 0.0655. The van der Waals surface area contributed by atoms with E-state index in [9.17, 15) is 15.0 Å². The quantitative estimate of drug-likeness (QED) is 0.438. The van der Waals surface area contributed by atoms with Crippen molar-refractivity contribution in [3.63, 3.8) is 0 Å². The minimum Gasteiger partial charge on any atom is -0.463 e. The lowest BCUT2D eigenvalue weighted by Crippen LogP contribution is -2.57. The summed E-state index contributed by atoms with van der Waals surface area (Å²) >= 11 is 0. The molecule has 5 heteroatoms. The number of carbonyl (C=O) groups is 1. The Balaban J connectivity index is 1.36. The molecule has 1 heterocycles. The van der Waals surface area contributed by atoms with Gasteiger partial charge in [0.15, 0.2) is 0 Å². The number of carbonyl (C=O) groups excluding carboxylic acids is 1. The highest BCUT2D eigenvalue weighted by atomic mass is 16.5. The zero-order chi connectivity index (χ0) is 24.4. The largest absolute Gasteiger partial charge is 0.463 e. The molecule has 12 atom stereocenters. The van der Waals surface area contributed by atoms with Crippen LogP contribution in [0.15, 0.2) is 11.6 Å². The smallest absolute Gasteiger partial charge is 0.302 e. The van der Waals surface area contributed by atoms with Gasteiger partial charge in [-0.05, 0) is 86.4 Å². The van der Waals surface area contributed by atoms with E-state index in [-0.39, 0.29) is 47.8 Å². The summed E-state index contributed by atoms with van der Waals surface area (Å²) in [5.41, 5.74) is 1.50. The molecule has 3 saturated carbocycles. The molecule has 4 fully saturated rings. The molecule has 192 valence electrons. The van der Waals surface area contributed by atoms with Crippen LogP contribution in [0.2, 0.25) is 0 Å². The fourth-order valence-electron chi connectivity index (χ4n) is 9.32. The Bertz CT molecular complexity index is 823. The van der Waals surface area contributed by atoms with Gasteiger partial charge in [0, 0.05) is 24.9 Å². The average molecular weight is 475 g/mol. The topological polar surface area (TPSA) is 76.0 Å². The fraction of sp³-hybridized carbons (Fsp3) is 0.897. The summed E-state index contributed by atoms with van der Waals surface area (Å²) in [6, 6.07) is 0. The number of aliphatic hydroxyl groups is 2. The van der Waals surface area contributed by atoms with Crippen molar-refractivity contribution in [2.45, 2.75) is 110 Å². The number of ether oxygens (including phenoxy) is 2. The molecule has 0 aromatic carbocycles. The average Bonchev–Trinajstić information content (AvgIpc) is 3.27. The van der Waals surface area contributed by atoms with Crippen LogP contribution < -0.4 is 0 Å². The van der Waals surface area contributed by atoms with Crippen molar-refractivity contribution < 1.29 is 24.5 Å². The molecule has 5 aliphatic rings. The first-order valence-electron chi connectivity index (χ1n) is 13.9. The molecule has 34 heavy (non-hydrogen) atoms. The minimum atomic E-state index is -0.335. The molecular weight excluding hydrogens is 428 g/mol. The second kappa shape index (κ2) is 8.88. The van der Waals surface area contributed by atoms with E-state index < -0.39 is 0 Å². The number of rotatable bonds is 5. The van der Waals surface area contributed by atoms with E-state index in [1.807, 2.05) is 0 Å². The first-order chi connectivity index (χ1) is 16.1. The second-order valence-electron chi connectivity index (χ2n) is 13.0. The third-order valence-corrected chi connectivity index (χ3v) is 11.3. The van der Waals surface area contributed by atoms with Gasteiger partial charge < -0.3 is 19.7 Å². The molecule has 4 aliphatic carbocycles. The summed E-state index contributed by atoms with van der Waals surface area (Å²) in [7, 11) is 0. The maximum Gasteiger partial charge on any atom is 0.302 e. The van der Waals surface area contributed by atoms with Gasteiger partial charge in [-0.1, -0.05) is 39.3 Å². The van der Waals surface area contributed by atoms with Gasteiger partial charge in [-0.25, -0.2) is 0 Å². The van der Waals surface area contributed by atoms with Gasteiger partial charge in [0.05, 0.1) is 18.3 Å². The third kappa shape index (κ3) is 3.71. The highest BCUT2D eigenvalue weighted by molar-refractivity contribution is 5.66. The van der Waals surface area contributed by atoms with Gasteiger partial charge in [-0.3, -0.25) is 4.79 Å². The zero-order valence-corrected chi connectivity index (χ0v) is 21.8. The Hall–Kier alpha value is -0.910. The lowest BCUT2D eigenvalue weighted by Gasteiger charge is -2.61. The molecule has 5 nitrogen and oxygen atoms in total. The number of esters is 1. The van der Waals surface area contributed by atoms with E-state index in [1.165, 1.54) is 25.3 Å². The molecule has 5 rings (SSSR count). The first kappa shape index (κ1) is 24.8. The van der Waals surface area contributed by atoms with Gasteiger partial charge in [-0.2, -0.15) is 0 Å². The summed E-state index contributed by atoms with van der Waals surface area (Å²) in [6.07, 6.45) is 10.7. The van der Waals surface area contributed by atoms with E-state index in [2.05, 4.69) is 33.8 Å². The normalized spacial score (nSPS) is 50.4. The van der Waals surface area contributed by atoms with Gasteiger partial charge in [-0.15, -0.1) is 0 Å². The molecule has 0 radical (unpaired) electrons. The Morgan fingerprint density at radius 3 is 2.74 bits per heavy atom. The highest BCUT2D eigenvalue weighted by Gasteiger charge is 2.65. The van der Waals surface area contributed by atoms with E-state index in [0.717, 1.165) is 38.5 Å². The molecule has 0 spiro atoms. The molecular formula is C29H46O5. The number of hydrogen-bond acceptors (Lipinski definition) is 5. The Morgan fingerprint density at radius 1 is 1.26 bits per heavy atom. The zero-order valence-electron chi connectivity index (χ0n) is 21.8. The fourth-order valence-corrected chi connectivity index (χ4v) is 9.32. The van der Waals surface area contributed by atoms with Crippen molar-refractivity contribution in [1.82, 2.24) is 0 Å². The van der Waals surface area contributed by atoms with Gasteiger partial charge in [0.2, 0.25) is 0 Å². The number of aliphatic hydroxyl groups excluding tert-OH is 2. The summed E-state index contributed by atoms with van der Waals surface area (Å²) in [4.78, 5) is 11.5. The van der Waals surface area contributed by atoms with Gasteiger partial charge in [0.25, 0.3) is 0 Å².